The number of benzene rings is 2. The number of halogens is 1. The Labute approximate surface area is 116 Å². The van der Waals surface area contributed by atoms with Crippen molar-refractivity contribution < 1.29 is 14.3 Å². The molecule has 1 fully saturated rings. The fraction of sp³-hybridized carbons (Fsp3) is 0.312. The summed E-state index contributed by atoms with van der Waals surface area (Å²) < 4.78 is 13.8. The standard InChI is InChI=1S/C16H16FNO2/c17-15-8-7-14(12-5-1-2-6-13(12)15)16(20)18-9-3-4-11(19)10-18/h1-2,5-8,11,19H,3-4,9-10H2. The van der Waals surface area contributed by atoms with Crippen LogP contribution in [0.3, 0.4) is 0 Å². The van der Waals surface area contributed by atoms with Crippen LogP contribution in [0, 0.1) is 5.82 Å². The fourth-order valence-corrected chi connectivity index (χ4v) is 2.76. The van der Waals surface area contributed by atoms with Gasteiger partial charge in [0, 0.05) is 24.0 Å². The van der Waals surface area contributed by atoms with Gasteiger partial charge in [-0.3, -0.25) is 4.79 Å². The lowest BCUT2D eigenvalue weighted by Gasteiger charge is -2.30. The summed E-state index contributed by atoms with van der Waals surface area (Å²) in [7, 11) is 0. The number of β-amino-alcohol motifs (C(OH)–C–C–N with tert-alkyl or cyclic N) is 1. The Hall–Kier alpha value is -1.94. The first-order valence-electron chi connectivity index (χ1n) is 6.81. The van der Waals surface area contributed by atoms with E-state index in [0.29, 0.717) is 29.4 Å². The number of carbonyl (C=O) groups excluding carboxylic acids is 1. The minimum atomic E-state index is -0.459. The van der Waals surface area contributed by atoms with Crippen LogP contribution in [0.5, 0.6) is 0 Å². The van der Waals surface area contributed by atoms with E-state index >= 15 is 0 Å². The van der Waals surface area contributed by atoms with E-state index in [9.17, 15) is 14.3 Å². The van der Waals surface area contributed by atoms with Crippen LogP contribution in [0.2, 0.25) is 0 Å². The van der Waals surface area contributed by atoms with Crippen molar-refractivity contribution in [1.82, 2.24) is 4.90 Å². The maximum Gasteiger partial charge on any atom is 0.254 e. The normalized spacial score (nSPS) is 19.3. The van der Waals surface area contributed by atoms with Gasteiger partial charge in [0.25, 0.3) is 5.91 Å². The zero-order chi connectivity index (χ0) is 14.1. The SMILES string of the molecule is O=C(c1ccc(F)c2ccccc12)N1CCCC(O)C1. The van der Waals surface area contributed by atoms with E-state index in [-0.39, 0.29) is 11.7 Å². The zero-order valence-electron chi connectivity index (χ0n) is 11.1. The molecule has 1 aliphatic rings. The summed E-state index contributed by atoms with van der Waals surface area (Å²) in [6.45, 7) is 0.992. The van der Waals surface area contributed by atoms with Gasteiger partial charge in [0.2, 0.25) is 0 Å². The molecule has 0 radical (unpaired) electrons. The van der Waals surface area contributed by atoms with Crippen molar-refractivity contribution in [2.45, 2.75) is 18.9 Å². The first-order valence-corrected chi connectivity index (χ1v) is 6.81. The van der Waals surface area contributed by atoms with Crippen molar-refractivity contribution in [3.8, 4) is 0 Å². The van der Waals surface area contributed by atoms with Gasteiger partial charge >= 0.3 is 0 Å². The van der Waals surface area contributed by atoms with Gasteiger partial charge in [0.05, 0.1) is 6.10 Å². The van der Waals surface area contributed by atoms with Crippen molar-refractivity contribution >= 4 is 16.7 Å². The summed E-state index contributed by atoms with van der Waals surface area (Å²) >= 11 is 0. The number of likely N-dealkylation sites (tertiary alicyclic amines) is 1. The molecule has 20 heavy (non-hydrogen) atoms. The number of nitrogens with zero attached hydrogens (tertiary/aromatic N) is 1. The molecule has 0 saturated carbocycles. The van der Waals surface area contributed by atoms with E-state index in [1.165, 1.54) is 12.1 Å². The number of piperidine rings is 1. The highest BCUT2D eigenvalue weighted by Gasteiger charge is 2.24. The molecular weight excluding hydrogens is 257 g/mol. The average Bonchev–Trinajstić information content (AvgIpc) is 2.47. The number of aliphatic hydroxyl groups excluding tert-OH is 1. The second kappa shape index (κ2) is 5.21. The summed E-state index contributed by atoms with van der Waals surface area (Å²) in [4.78, 5) is 14.2. The second-order valence-electron chi connectivity index (χ2n) is 5.19. The van der Waals surface area contributed by atoms with Crippen molar-refractivity contribution in [2.75, 3.05) is 13.1 Å². The summed E-state index contributed by atoms with van der Waals surface area (Å²) in [5.74, 6) is -0.462. The lowest BCUT2D eigenvalue weighted by Crippen LogP contribution is -2.42. The first kappa shape index (κ1) is 13.1. The Kier molecular flexibility index (Phi) is 3.40. The lowest BCUT2D eigenvalue weighted by atomic mass is 10.0. The van der Waals surface area contributed by atoms with Crippen molar-refractivity contribution in [1.29, 1.82) is 0 Å². The Bertz CT molecular complexity index is 656. The molecular formula is C16H16FNO2. The van der Waals surface area contributed by atoms with Crippen LogP contribution >= 0.6 is 0 Å². The van der Waals surface area contributed by atoms with Gasteiger partial charge in [-0.1, -0.05) is 24.3 Å². The van der Waals surface area contributed by atoms with Crippen molar-refractivity contribution in [3.05, 3.63) is 47.8 Å². The monoisotopic (exact) mass is 273 g/mol. The van der Waals surface area contributed by atoms with E-state index in [1.54, 1.807) is 29.2 Å². The van der Waals surface area contributed by atoms with Crippen molar-refractivity contribution in [3.63, 3.8) is 0 Å². The Balaban J connectivity index is 2.01. The molecule has 0 bridgehead atoms. The smallest absolute Gasteiger partial charge is 0.254 e. The highest BCUT2D eigenvalue weighted by Crippen LogP contribution is 2.24. The molecule has 1 amide bonds. The van der Waals surface area contributed by atoms with Gasteiger partial charge < -0.3 is 10.0 Å². The summed E-state index contributed by atoms with van der Waals surface area (Å²) in [6.07, 6.45) is 1.07. The van der Waals surface area contributed by atoms with Crippen LogP contribution in [0.4, 0.5) is 4.39 Å². The average molecular weight is 273 g/mol. The molecule has 1 atom stereocenters. The first-order chi connectivity index (χ1) is 9.66. The second-order valence-corrected chi connectivity index (χ2v) is 5.19. The summed E-state index contributed by atoms with van der Waals surface area (Å²) in [5.41, 5.74) is 0.496. The van der Waals surface area contributed by atoms with Crippen LogP contribution in [0.15, 0.2) is 36.4 Å². The number of carbonyl (C=O) groups is 1. The third-order valence-corrected chi connectivity index (χ3v) is 3.79. The highest BCUT2D eigenvalue weighted by molar-refractivity contribution is 6.07. The number of aliphatic hydroxyl groups is 1. The van der Waals surface area contributed by atoms with Crippen LogP contribution in [-0.4, -0.2) is 35.1 Å². The van der Waals surface area contributed by atoms with E-state index in [2.05, 4.69) is 0 Å². The molecule has 0 spiro atoms. The molecule has 1 heterocycles. The number of hydrogen-bond acceptors (Lipinski definition) is 2. The third kappa shape index (κ3) is 2.27. The van der Waals surface area contributed by atoms with Crippen LogP contribution in [0.1, 0.15) is 23.2 Å². The minimum Gasteiger partial charge on any atom is -0.391 e. The molecule has 3 nitrogen and oxygen atoms in total. The van der Waals surface area contributed by atoms with Gasteiger partial charge in [-0.05, 0) is 30.4 Å². The van der Waals surface area contributed by atoms with Gasteiger partial charge in [0.1, 0.15) is 5.82 Å². The van der Waals surface area contributed by atoms with Crippen LogP contribution in [0.25, 0.3) is 10.8 Å². The fourth-order valence-electron chi connectivity index (χ4n) is 2.76. The Morgan fingerprint density at radius 2 is 1.95 bits per heavy atom. The van der Waals surface area contributed by atoms with Crippen LogP contribution in [-0.2, 0) is 0 Å². The third-order valence-electron chi connectivity index (χ3n) is 3.79. The van der Waals surface area contributed by atoms with E-state index in [0.717, 1.165) is 12.8 Å². The molecule has 1 N–H and O–H groups in total. The molecule has 0 aliphatic carbocycles. The van der Waals surface area contributed by atoms with Gasteiger partial charge in [-0.25, -0.2) is 4.39 Å². The molecule has 4 heteroatoms. The highest BCUT2D eigenvalue weighted by atomic mass is 19.1. The van der Waals surface area contributed by atoms with E-state index in [1.807, 2.05) is 0 Å². The molecule has 104 valence electrons. The number of fused-ring (bicyclic) bond motifs is 1. The van der Waals surface area contributed by atoms with Gasteiger partial charge in [-0.15, -0.1) is 0 Å². The molecule has 1 aliphatic heterocycles. The van der Waals surface area contributed by atoms with Crippen LogP contribution < -0.4 is 0 Å². The Morgan fingerprint density at radius 3 is 2.70 bits per heavy atom. The molecule has 3 rings (SSSR count). The summed E-state index contributed by atoms with van der Waals surface area (Å²) in [5, 5.41) is 10.8. The largest absolute Gasteiger partial charge is 0.391 e. The van der Waals surface area contributed by atoms with E-state index in [4.69, 9.17) is 0 Å². The quantitative estimate of drug-likeness (QED) is 0.867. The molecule has 2 aromatic rings. The molecule has 2 aromatic carbocycles. The number of hydrogen-bond donors (Lipinski definition) is 1. The Morgan fingerprint density at radius 1 is 1.20 bits per heavy atom. The minimum absolute atomic E-state index is 0.139. The lowest BCUT2D eigenvalue weighted by molar-refractivity contribution is 0.0475. The van der Waals surface area contributed by atoms with Gasteiger partial charge in [0.15, 0.2) is 0 Å². The number of amides is 1. The molecule has 1 saturated heterocycles. The maximum atomic E-state index is 13.8. The van der Waals surface area contributed by atoms with Gasteiger partial charge in [-0.2, -0.15) is 0 Å². The topological polar surface area (TPSA) is 40.5 Å². The molecule has 1 unspecified atom stereocenters. The van der Waals surface area contributed by atoms with E-state index < -0.39 is 6.10 Å². The predicted molar refractivity (Wildman–Crippen MR) is 75.1 cm³/mol. The number of rotatable bonds is 1. The molecule has 0 aromatic heterocycles. The zero-order valence-corrected chi connectivity index (χ0v) is 11.1. The maximum absolute atomic E-state index is 13.8. The predicted octanol–water partition coefficient (Wildman–Crippen LogP) is 2.58. The van der Waals surface area contributed by atoms with Crippen molar-refractivity contribution in [2.24, 2.45) is 0 Å². The summed E-state index contributed by atoms with van der Waals surface area (Å²) in [6, 6.07) is 9.84.